The molecule has 0 spiro atoms. The van der Waals surface area contributed by atoms with E-state index in [4.69, 9.17) is 9.47 Å². The quantitative estimate of drug-likeness (QED) is 0.324. The van der Waals surface area contributed by atoms with E-state index < -0.39 is 5.97 Å². The van der Waals surface area contributed by atoms with Crippen LogP contribution in [-0.4, -0.2) is 33.4 Å². The van der Waals surface area contributed by atoms with Crippen molar-refractivity contribution in [3.63, 3.8) is 0 Å². The van der Waals surface area contributed by atoms with E-state index in [9.17, 15) is 9.90 Å². The number of aryl methyl sites for hydroxylation is 1. The Kier molecular flexibility index (Phi) is 7.53. The molecule has 0 amide bonds. The fourth-order valence-electron chi connectivity index (χ4n) is 2.53. The second-order valence-corrected chi connectivity index (χ2v) is 8.00. The average Bonchev–Trinajstić information content (AvgIpc) is 3.21. The Bertz CT molecular complexity index is 1050. The van der Waals surface area contributed by atoms with Gasteiger partial charge in [0.05, 0.1) is 7.11 Å². The molecule has 156 valence electrons. The number of thioether (sulfide) groups is 1. The number of carboxylic acids is 1. The van der Waals surface area contributed by atoms with Crippen molar-refractivity contribution in [2.45, 2.75) is 25.1 Å². The van der Waals surface area contributed by atoms with E-state index in [1.54, 1.807) is 25.3 Å². The maximum Gasteiger partial charge on any atom is 0.342 e. The van der Waals surface area contributed by atoms with E-state index in [1.807, 2.05) is 37.3 Å². The molecule has 0 saturated heterocycles. The van der Waals surface area contributed by atoms with Gasteiger partial charge in [-0.05, 0) is 41.1 Å². The van der Waals surface area contributed by atoms with Crippen LogP contribution in [0.2, 0.25) is 0 Å². The van der Waals surface area contributed by atoms with Crippen LogP contribution in [0.25, 0.3) is 6.08 Å². The van der Waals surface area contributed by atoms with Crippen LogP contribution in [0.5, 0.6) is 11.5 Å². The normalized spacial score (nSPS) is 11.4. The summed E-state index contributed by atoms with van der Waals surface area (Å²) in [6, 6.07) is 13.3. The Morgan fingerprint density at radius 1 is 1.27 bits per heavy atom. The second-order valence-electron chi connectivity index (χ2n) is 6.13. The fraction of sp³-hybridized carbons (Fsp3) is 0.190. The minimum absolute atomic E-state index is 0.0809. The number of ether oxygens (including phenoxy) is 2. The highest BCUT2D eigenvalue weighted by atomic mass is 79.9. The number of carbonyl (C=O) groups is 1. The summed E-state index contributed by atoms with van der Waals surface area (Å²) in [4.78, 5) is 16.1. The Morgan fingerprint density at radius 3 is 2.67 bits per heavy atom. The van der Waals surface area contributed by atoms with Crippen molar-refractivity contribution in [3.05, 3.63) is 68.8 Å². The Hall–Kier alpha value is -2.78. The van der Waals surface area contributed by atoms with Crippen LogP contribution in [0.3, 0.4) is 0 Å². The fourth-order valence-corrected chi connectivity index (χ4v) is 3.68. The van der Waals surface area contributed by atoms with Crippen molar-refractivity contribution in [1.29, 1.82) is 0 Å². The van der Waals surface area contributed by atoms with Gasteiger partial charge < -0.3 is 14.6 Å². The standard InChI is InChI=1S/C21H20BrN3O4S/c1-3-19-23-21(25-24-19)30-18(20(26)27)10-14-9-16(28-2)17(11-15(14)22)29-12-13-7-5-4-6-8-13/h4-11H,3,12H2,1-2H3,(H,26,27)(H,23,24,25)/b18-10-. The number of aromatic amines is 1. The molecule has 9 heteroatoms. The maximum atomic E-state index is 11.8. The third-order valence-corrected chi connectivity index (χ3v) is 5.63. The first-order valence-electron chi connectivity index (χ1n) is 9.08. The molecule has 0 atom stereocenters. The summed E-state index contributed by atoms with van der Waals surface area (Å²) >= 11 is 4.47. The molecule has 0 aliphatic rings. The summed E-state index contributed by atoms with van der Waals surface area (Å²) in [6.45, 7) is 2.33. The molecule has 7 nitrogen and oxygen atoms in total. The highest BCUT2D eigenvalue weighted by molar-refractivity contribution is 9.10. The van der Waals surface area contributed by atoms with Gasteiger partial charge in [-0.25, -0.2) is 9.78 Å². The molecule has 2 N–H and O–H groups in total. The number of benzene rings is 2. The summed E-state index contributed by atoms with van der Waals surface area (Å²) in [5.74, 6) is 0.681. The Labute approximate surface area is 186 Å². The van der Waals surface area contributed by atoms with Crippen LogP contribution in [0, 0.1) is 0 Å². The molecule has 1 heterocycles. The van der Waals surface area contributed by atoms with E-state index in [0.29, 0.717) is 45.5 Å². The number of methoxy groups -OCH3 is 1. The van der Waals surface area contributed by atoms with Crippen LogP contribution >= 0.6 is 27.7 Å². The predicted octanol–water partition coefficient (Wildman–Crippen LogP) is 4.94. The third kappa shape index (κ3) is 5.64. The SMILES string of the molecule is CCc1nc(S/C(=C\c2cc(OC)c(OCc3ccccc3)cc2Br)C(=O)O)n[nH]1. The van der Waals surface area contributed by atoms with Crippen molar-refractivity contribution in [2.24, 2.45) is 0 Å². The van der Waals surface area contributed by atoms with E-state index >= 15 is 0 Å². The number of halogens is 1. The van der Waals surface area contributed by atoms with E-state index in [0.717, 1.165) is 17.3 Å². The number of aliphatic carboxylic acids is 1. The molecule has 0 saturated carbocycles. The molecule has 1 aromatic heterocycles. The van der Waals surface area contributed by atoms with E-state index in [2.05, 4.69) is 31.1 Å². The van der Waals surface area contributed by atoms with E-state index in [-0.39, 0.29) is 4.91 Å². The van der Waals surface area contributed by atoms with Gasteiger partial charge in [0, 0.05) is 10.9 Å². The van der Waals surface area contributed by atoms with Gasteiger partial charge >= 0.3 is 5.97 Å². The molecule has 0 aliphatic heterocycles. The van der Waals surface area contributed by atoms with Crippen LogP contribution in [-0.2, 0) is 17.8 Å². The first-order valence-corrected chi connectivity index (χ1v) is 10.7. The minimum atomic E-state index is -1.07. The smallest absolute Gasteiger partial charge is 0.342 e. The third-order valence-electron chi connectivity index (χ3n) is 4.06. The van der Waals surface area contributed by atoms with Gasteiger partial charge in [0.2, 0.25) is 5.16 Å². The number of carboxylic acid groups (broad SMARTS) is 1. The van der Waals surface area contributed by atoms with Gasteiger partial charge in [0.25, 0.3) is 0 Å². The summed E-state index contributed by atoms with van der Waals surface area (Å²) < 4.78 is 12.0. The number of H-pyrrole nitrogens is 1. The molecule has 30 heavy (non-hydrogen) atoms. The predicted molar refractivity (Wildman–Crippen MR) is 119 cm³/mol. The minimum Gasteiger partial charge on any atom is -0.493 e. The number of nitrogens with one attached hydrogen (secondary N) is 1. The average molecular weight is 490 g/mol. The topological polar surface area (TPSA) is 97.3 Å². The highest BCUT2D eigenvalue weighted by Crippen LogP contribution is 2.36. The second kappa shape index (κ2) is 10.3. The van der Waals surface area contributed by atoms with Gasteiger partial charge in [0.15, 0.2) is 11.5 Å². The summed E-state index contributed by atoms with van der Waals surface area (Å²) in [6.07, 6.45) is 2.23. The van der Waals surface area contributed by atoms with Crippen molar-refractivity contribution in [3.8, 4) is 11.5 Å². The van der Waals surface area contributed by atoms with E-state index in [1.165, 1.54) is 0 Å². The summed E-state index contributed by atoms with van der Waals surface area (Å²) in [7, 11) is 1.54. The largest absolute Gasteiger partial charge is 0.493 e. The molecule has 0 fully saturated rings. The number of hydrogen-bond donors (Lipinski definition) is 2. The Morgan fingerprint density at radius 2 is 2.03 bits per heavy atom. The first-order chi connectivity index (χ1) is 14.5. The number of rotatable bonds is 9. The molecule has 3 rings (SSSR count). The van der Waals surface area contributed by atoms with Gasteiger partial charge in [0.1, 0.15) is 17.3 Å². The highest BCUT2D eigenvalue weighted by Gasteiger charge is 2.16. The molecule has 0 bridgehead atoms. The van der Waals surface area contributed by atoms with Gasteiger partial charge in [-0.1, -0.05) is 53.2 Å². The molecular formula is C21H20BrN3O4S. The van der Waals surface area contributed by atoms with Crippen molar-refractivity contribution >= 4 is 39.7 Å². The molecule has 0 aliphatic carbocycles. The van der Waals surface area contributed by atoms with Crippen molar-refractivity contribution < 1.29 is 19.4 Å². The van der Waals surface area contributed by atoms with Crippen LogP contribution < -0.4 is 9.47 Å². The van der Waals surface area contributed by atoms with Crippen LogP contribution in [0.4, 0.5) is 0 Å². The lowest BCUT2D eigenvalue weighted by Gasteiger charge is -2.13. The lowest BCUT2D eigenvalue weighted by molar-refractivity contribution is -0.131. The number of aromatic nitrogens is 3. The maximum absolute atomic E-state index is 11.8. The zero-order valence-corrected chi connectivity index (χ0v) is 18.8. The summed E-state index contributed by atoms with van der Waals surface area (Å²) in [5.41, 5.74) is 1.66. The van der Waals surface area contributed by atoms with Crippen LogP contribution in [0.1, 0.15) is 23.9 Å². The van der Waals surface area contributed by atoms with Crippen LogP contribution in [0.15, 0.2) is 57.0 Å². The zero-order chi connectivity index (χ0) is 21.5. The molecule has 3 aromatic rings. The van der Waals surface area contributed by atoms with Gasteiger partial charge in [-0.15, -0.1) is 5.10 Å². The van der Waals surface area contributed by atoms with Gasteiger partial charge in [-0.3, -0.25) is 5.10 Å². The van der Waals surface area contributed by atoms with Gasteiger partial charge in [-0.2, -0.15) is 0 Å². The number of nitrogens with zero attached hydrogens (tertiary/aromatic N) is 2. The summed E-state index contributed by atoms with van der Waals surface area (Å²) in [5, 5.41) is 16.8. The Balaban J connectivity index is 1.85. The molecule has 0 radical (unpaired) electrons. The monoisotopic (exact) mass is 489 g/mol. The van der Waals surface area contributed by atoms with Crippen molar-refractivity contribution in [1.82, 2.24) is 15.2 Å². The molecular weight excluding hydrogens is 470 g/mol. The van der Waals surface area contributed by atoms with Crippen molar-refractivity contribution in [2.75, 3.05) is 7.11 Å². The number of hydrogen-bond acceptors (Lipinski definition) is 6. The lowest BCUT2D eigenvalue weighted by Crippen LogP contribution is -2.00. The lowest BCUT2D eigenvalue weighted by atomic mass is 10.2. The zero-order valence-electron chi connectivity index (χ0n) is 16.4. The molecule has 0 unspecified atom stereocenters. The first kappa shape index (κ1) is 21.9. The molecule has 2 aromatic carbocycles.